The maximum absolute atomic E-state index is 13.4. The van der Waals surface area contributed by atoms with E-state index >= 15 is 0 Å². The highest BCUT2D eigenvalue weighted by Gasteiger charge is 2.29. The van der Waals surface area contributed by atoms with E-state index in [1.54, 1.807) is 24.3 Å². The highest BCUT2D eigenvalue weighted by atomic mass is 19.1. The fourth-order valence-electron chi connectivity index (χ4n) is 4.07. The molecule has 12 heteroatoms. The summed E-state index contributed by atoms with van der Waals surface area (Å²) in [6.07, 6.45) is -0.418. The Morgan fingerprint density at radius 1 is 1.02 bits per heavy atom. The molecule has 11 nitrogen and oxygen atoms in total. The molecule has 3 rings (SSSR count). The van der Waals surface area contributed by atoms with Crippen LogP contribution in [-0.4, -0.2) is 92.3 Å². The van der Waals surface area contributed by atoms with Gasteiger partial charge in [-0.3, -0.25) is 24.0 Å². The Morgan fingerprint density at radius 3 is 2.41 bits per heavy atom. The Morgan fingerprint density at radius 2 is 1.71 bits per heavy atom. The van der Waals surface area contributed by atoms with Crippen LogP contribution >= 0.6 is 0 Å². The van der Waals surface area contributed by atoms with E-state index in [-0.39, 0.29) is 44.2 Å². The molecule has 2 aromatic rings. The van der Waals surface area contributed by atoms with Crippen molar-refractivity contribution in [3.8, 4) is 5.75 Å². The molecule has 3 N–H and O–H groups in total. The van der Waals surface area contributed by atoms with Gasteiger partial charge in [0.1, 0.15) is 24.2 Å². The number of amides is 5. The van der Waals surface area contributed by atoms with Gasteiger partial charge in [-0.25, -0.2) is 4.39 Å². The van der Waals surface area contributed by atoms with Crippen molar-refractivity contribution in [2.45, 2.75) is 31.7 Å². The average Bonchev–Trinajstić information content (AvgIpc) is 2.93. The lowest BCUT2D eigenvalue weighted by Gasteiger charge is -2.28. The number of nitrogens with one attached hydrogen (secondary N) is 3. The van der Waals surface area contributed by atoms with Crippen molar-refractivity contribution in [1.82, 2.24) is 25.8 Å². The number of ether oxygens (including phenoxy) is 1. The van der Waals surface area contributed by atoms with Gasteiger partial charge in [-0.2, -0.15) is 0 Å². The molecule has 0 radical (unpaired) electrons. The van der Waals surface area contributed by atoms with E-state index in [1.165, 1.54) is 43.3 Å². The number of benzene rings is 2. The molecule has 1 atom stereocenters. The highest BCUT2D eigenvalue weighted by Crippen LogP contribution is 2.22. The van der Waals surface area contributed by atoms with Crippen LogP contribution in [0.15, 0.2) is 48.5 Å². The summed E-state index contributed by atoms with van der Waals surface area (Å²) in [6.45, 7) is 3.65. The first-order valence-corrected chi connectivity index (χ1v) is 13.2. The van der Waals surface area contributed by atoms with Crippen molar-refractivity contribution in [1.29, 1.82) is 0 Å². The third kappa shape index (κ3) is 9.02. The number of fused-ring (bicyclic) bond motifs is 2. The summed E-state index contributed by atoms with van der Waals surface area (Å²) in [5.41, 5.74) is 0.408. The van der Waals surface area contributed by atoms with Crippen molar-refractivity contribution in [2.75, 3.05) is 46.9 Å². The van der Waals surface area contributed by atoms with Crippen molar-refractivity contribution in [3.05, 3.63) is 65.5 Å². The monoisotopic (exact) mass is 569 g/mol. The molecule has 1 aliphatic heterocycles. The van der Waals surface area contributed by atoms with Crippen molar-refractivity contribution < 1.29 is 33.1 Å². The minimum absolute atomic E-state index is 0.126. The van der Waals surface area contributed by atoms with Gasteiger partial charge >= 0.3 is 0 Å². The molecule has 5 amide bonds. The molecule has 0 spiro atoms. The lowest BCUT2D eigenvalue weighted by molar-refractivity contribution is -0.141. The quantitative estimate of drug-likeness (QED) is 0.499. The minimum Gasteiger partial charge on any atom is -0.492 e. The Balaban J connectivity index is 1.82. The van der Waals surface area contributed by atoms with Gasteiger partial charge in [-0.05, 0) is 35.9 Å². The fourth-order valence-corrected chi connectivity index (χ4v) is 4.07. The number of carbonyl (C=O) groups is 5. The van der Waals surface area contributed by atoms with Crippen molar-refractivity contribution in [2.24, 2.45) is 0 Å². The number of likely N-dealkylation sites (N-methyl/N-ethyl adjacent to an activating group) is 2. The first-order chi connectivity index (χ1) is 19.4. The molecule has 0 fully saturated rings. The lowest BCUT2D eigenvalue weighted by Crippen LogP contribution is -2.52. The van der Waals surface area contributed by atoms with Crippen LogP contribution < -0.4 is 20.7 Å². The van der Waals surface area contributed by atoms with Gasteiger partial charge in [-0.1, -0.05) is 32.0 Å². The third-order valence-electron chi connectivity index (χ3n) is 6.72. The lowest BCUT2D eigenvalue weighted by atomic mass is 9.84. The Hall–Kier alpha value is -4.48. The highest BCUT2D eigenvalue weighted by molar-refractivity contribution is 5.99. The van der Waals surface area contributed by atoms with Crippen LogP contribution in [-0.2, 0) is 24.6 Å². The second-order valence-corrected chi connectivity index (χ2v) is 10.6. The van der Waals surface area contributed by atoms with E-state index in [0.29, 0.717) is 5.75 Å². The maximum Gasteiger partial charge on any atom is 0.252 e. The summed E-state index contributed by atoms with van der Waals surface area (Å²) in [6, 6.07) is 11.0. The van der Waals surface area contributed by atoms with Crippen LogP contribution in [0.25, 0.3) is 0 Å². The van der Waals surface area contributed by atoms with Crippen LogP contribution in [0.2, 0.25) is 0 Å². The third-order valence-corrected chi connectivity index (χ3v) is 6.72. The number of halogens is 1. The first kappa shape index (κ1) is 31.1. The van der Waals surface area contributed by atoms with Gasteiger partial charge in [0.05, 0.1) is 26.1 Å². The Bertz CT molecular complexity index is 1280. The molecule has 0 saturated carbocycles. The van der Waals surface area contributed by atoms with E-state index in [2.05, 4.69) is 16.0 Å². The van der Waals surface area contributed by atoms with Crippen molar-refractivity contribution in [3.63, 3.8) is 0 Å². The first-order valence-electron chi connectivity index (χ1n) is 13.2. The summed E-state index contributed by atoms with van der Waals surface area (Å²) < 4.78 is 19.0. The molecule has 0 aliphatic carbocycles. The largest absolute Gasteiger partial charge is 0.492 e. The molecule has 2 bridgehead atoms. The zero-order valence-electron chi connectivity index (χ0n) is 23.7. The molecular formula is C29H36FN5O6. The number of hydrogen-bond acceptors (Lipinski definition) is 6. The van der Waals surface area contributed by atoms with Crippen LogP contribution in [0, 0.1) is 5.82 Å². The molecule has 220 valence electrons. The van der Waals surface area contributed by atoms with Crippen LogP contribution in [0.4, 0.5) is 4.39 Å². The Labute approximate surface area is 238 Å². The van der Waals surface area contributed by atoms with E-state index < -0.39 is 47.4 Å². The molecule has 0 unspecified atom stereocenters. The Kier molecular flexibility index (Phi) is 10.4. The van der Waals surface area contributed by atoms with Gasteiger partial charge in [0.25, 0.3) is 5.91 Å². The van der Waals surface area contributed by atoms with E-state index in [1.807, 2.05) is 13.8 Å². The fraction of sp³-hybridized carbons (Fsp3) is 0.414. The summed E-state index contributed by atoms with van der Waals surface area (Å²) in [5.74, 6) is -2.64. The van der Waals surface area contributed by atoms with Crippen LogP contribution in [0.3, 0.4) is 0 Å². The maximum atomic E-state index is 13.4. The number of hydrogen-bond donors (Lipinski definition) is 3. The SMILES string of the molecule is CN1CC(=O)NCCOc2cccc(c2)C(=O)N[C@H](C(=O)NCC(C)(C)c2ccc(F)cc2)CC(=O)N(C)CC1=O. The predicted molar refractivity (Wildman–Crippen MR) is 149 cm³/mol. The predicted octanol–water partition coefficient (Wildman–Crippen LogP) is 0.834. The summed E-state index contributed by atoms with van der Waals surface area (Å²) in [5, 5.41) is 8.08. The average molecular weight is 570 g/mol. The summed E-state index contributed by atoms with van der Waals surface area (Å²) in [4.78, 5) is 66.7. The topological polar surface area (TPSA) is 137 Å². The molecule has 0 saturated heterocycles. The molecule has 1 aliphatic rings. The molecular weight excluding hydrogens is 533 g/mol. The summed E-state index contributed by atoms with van der Waals surface area (Å²) in [7, 11) is 2.85. The van der Waals surface area contributed by atoms with Gasteiger partial charge < -0.3 is 30.5 Å². The number of nitrogens with zero attached hydrogens (tertiary/aromatic N) is 2. The molecule has 0 aromatic heterocycles. The van der Waals surface area contributed by atoms with Crippen LogP contribution in [0.1, 0.15) is 36.2 Å². The molecule has 1 heterocycles. The normalized spacial score (nSPS) is 18.0. The standard InChI is InChI=1S/C29H36FN5O6/c1-29(2,20-8-10-21(30)11-9-20)18-32-28(40)23-15-25(37)35(4)17-26(38)34(3)16-24(36)31-12-13-41-22-7-5-6-19(14-22)27(39)33-23/h5-11,14,23H,12-13,15-18H2,1-4H3,(H,31,36)(H,32,40)(H,33,39)/t23-/m0/s1. The molecule has 2 aromatic carbocycles. The summed E-state index contributed by atoms with van der Waals surface area (Å²) >= 11 is 0. The second-order valence-electron chi connectivity index (χ2n) is 10.6. The van der Waals surface area contributed by atoms with E-state index in [9.17, 15) is 28.4 Å². The van der Waals surface area contributed by atoms with E-state index in [0.717, 1.165) is 10.5 Å². The smallest absolute Gasteiger partial charge is 0.252 e. The van der Waals surface area contributed by atoms with Crippen LogP contribution in [0.5, 0.6) is 5.75 Å². The van der Waals surface area contributed by atoms with Gasteiger partial charge in [0, 0.05) is 31.6 Å². The zero-order valence-corrected chi connectivity index (χ0v) is 23.7. The number of rotatable bonds is 4. The second kappa shape index (κ2) is 13.7. The zero-order chi connectivity index (χ0) is 30.2. The molecule has 41 heavy (non-hydrogen) atoms. The van der Waals surface area contributed by atoms with Crippen molar-refractivity contribution >= 4 is 29.5 Å². The minimum atomic E-state index is -1.26. The number of carbonyl (C=O) groups excluding carboxylic acids is 5. The van der Waals surface area contributed by atoms with Gasteiger partial charge in [-0.15, -0.1) is 0 Å². The van der Waals surface area contributed by atoms with Gasteiger partial charge in [0.15, 0.2) is 0 Å². The van der Waals surface area contributed by atoms with Gasteiger partial charge in [0.2, 0.25) is 23.6 Å². The van der Waals surface area contributed by atoms with E-state index in [4.69, 9.17) is 4.74 Å².